The SMILES string of the molecule is O=C(O)CSc1n[nH]c(-c2ccco2)n1. The standard InChI is InChI=1S/C8H7N3O3S/c12-6(13)4-15-8-9-7(10-11-8)5-2-1-3-14-5/h1-3H,4H2,(H,12,13)(H,9,10,11). The second-order valence-corrected chi connectivity index (χ2v) is 3.57. The lowest BCUT2D eigenvalue weighted by atomic mass is 10.4. The van der Waals surface area contributed by atoms with Crippen LogP contribution in [0.15, 0.2) is 28.0 Å². The molecule has 2 aromatic rings. The van der Waals surface area contributed by atoms with Crippen molar-refractivity contribution in [3.63, 3.8) is 0 Å². The van der Waals surface area contributed by atoms with Crippen LogP contribution in [0.2, 0.25) is 0 Å². The molecule has 2 heterocycles. The number of hydrogen-bond donors (Lipinski definition) is 2. The summed E-state index contributed by atoms with van der Waals surface area (Å²) in [5, 5.41) is 15.4. The summed E-state index contributed by atoms with van der Waals surface area (Å²) in [6, 6.07) is 3.48. The molecular formula is C8H7N3O3S. The number of carboxylic acid groups (broad SMARTS) is 1. The predicted octanol–water partition coefficient (Wildman–Crippen LogP) is 1.24. The molecule has 0 aliphatic heterocycles. The van der Waals surface area contributed by atoms with Crippen molar-refractivity contribution in [2.75, 3.05) is 5.75 Å². The van der Waals surface area contributed by atoms with E-state index in [1.807, 2.05) is 0 Å². The Bertz CT molecular complexity index is 451. The molecule has 6 nitrogen and oxygen atoms in total. The molecular weight excluding hydrogens is 218 g/mol. The molecule has 2 N–H and O–H groups in total. The molecule has 0 aliphatic carbocycles. The number of H-pyrrole nitrogens is 1. The van der Waals surface area contributed by atoms with Gasteiger partial charge in [0.2, 0.25) is 5.16 Å². The number of aromatic nitrogens is 3. The highest BCUT2D eigenvalue weighted by Crippen LogP contribution is 2.18. The van der Waals surface area contributed by atoms with Crippen LogP contribution in [0.3, 0.4) is 0 Å². The van der Waals surface area contributed by atoms with E-state index in [9.17, 15) is 4.79 Å². The lowest BCUT2D eigenvalue weighted by Crippen LogP contribution is -1.97. The van der Waals surface area contributed by atoms with Gasteiger partial charge < -0.3 is 9.52 Å². The Morgan fingerprint density at radius 3 is 3.20 bits per heavy atom. The van der Waals surface area contributed by atoms with E-state index in [0.29, 0.717) is 16.7 Å². The fourth-order valence-electron chi connectivity index (χ4n) is 0.961. The molecule has 7 heteroatoms. The van der Waals surface area contributed by atoms with E-state index in [2.05, 4.69) is 15.2 Å². The van der Waals surface area contributed by atoms with Crippen molar-refractivity contribution in [3.8, 4) is 11.6 Å². The van der Waals surface area contributed by atoms with Crippen LogP contribution in [0.1, 0.15) is 0 Å². The Hall–Kier alpha value is -1.76. The van der Waals surface area contributed by atoms with Gasteiger partial charge in [0.05, 0.1) is 12.0 Å². The zero-order chi connectivity index (χ0) is 10.7. The Balaban J connectivity index is 2.08. The molecule has 0 radical (unpaired) electrons. The van der Waals surface area contributed by atoms with Crippen molar-refractivity contribution in [2.45, 2.75) is 5.16 Å². The van der Waals surface area contributed by atoms with Crippen LogP contribution >= 0.6 is 11.8 Å². The van der Waals surface area contributed by atoms with Gasteiger partial charge in [-0.05, 0) is 12.1 Å². The number of thioether (sulfide) groups is 1. The molecule has 0 unspecified atom stereocenters. The topological polar surface area (TPSA) is 92.0 Å². The van der Waals surface area contributed by atoms with Gasteiger partial charge in [-0.15, -0.1) is 5.10 Å². The number of nitrogens with zero attached hydrogens (tertiary/aromatic N) is 2. The lowest BCUT2D eigenvalue weighted by molar-refractivity contribution is -0.133. The van der Waals surface area contributed by atoms with E-state index in [1.165, 1.54) is 6.26 Å². The van der Waals surface area contributed by atoms with E-state index < -0.39 is 5.97 Å². The molecule has 0 saturated heterocycles. The van der Waals surface area contributed by atoms with Crippen LogP contribution in [-0.2, 0) is 4.79 Å². The van der Waals surface area contributed by atoms with E-state index in [-0.39, 0.29) is 5.75 Å². The van der Waals surface area contributed by atoms with Crippen molar-refractivity contribution in [3.05, 3.63) is 18.4 Å². The number of aliphatic carboxylic acids is 1. The first-order chi connectivity index (χ1) is 7.25. The fraction of sp³-hybridized carbons (Fsp3) is 0.125. The van der Waals surface area contributed by atoms with Crippen molar-refractivity contribution < 1.29 is 14.3 Å². The average Bonchev–Trinajstić information content (AvgIpc) is 2.85. The first-order valence-electron chi connectivity index (χ1n) is 4.06. The Morgan fingerprint density at radius 1 is 1.67 bits per heavy atom. The van der Waals surface area contributed by atoms with Gasteiger partial charge in [-0.2, -0.15) is 4.98 Å². The Kier molecular flexibility index (Phi) is 2.72. The maximum absolute atomic E-state index is 10.3. The number of rotatable bonds is 4. The summed E-state index contributed by atoms with van der Waals surface area (Å²) in [6.07, 6.45) is 1.53. The summed E-state index contributed by atoms with van der Waals surface area (Å²) < 4.78 is 5.10. The van der Waals surface area contributed by atoms with Crippen molar-refractivity contribution in [1.29, 1.82) is 0 Å². The van der Waals surface area contributed by atoms with Gasteiger partial charge in [0.1, 0.15) is 0 Å². The third-order valence-corrected chi connectivity index (χ3v) is 2.38. The number of hydrogen-bond acceptors (Lipinski definition) is 5. The summed E-state index contributed by atoms with van der Waals surface area (Å²) in [5.74, 6) is 0.108. The first-order valence-corrected chi connectivity index (χ1v) is 5.05. The van der Waals surface area contributed by atoms with E-state index >= 15 is 0 Å². The molecule has 0 aromatic carbocycles. The van der Waals surface area contributed by atoms with Crippen LogP contribution < -0.4 is 0 Å². The lowest BCUT2D eigenvalue weighted by Gasteiger charge is -1.88. The minimum absolute atomic E-state index is 0.0601. The summed E-state index contributed by atoms with van der Waals surface area (Å²) in [5.41, 5.74) is 0. The molecule has 0 amide bonds. The summed E-state index contributed by atoms with van der Waals surface area (Å²) in [6.45, 7) is 0. The average molecular weight is 225 g/mol. The van der Waals surface area contributed by atoms with Gasteiger partial charge in [0.25, 0.3) is 0 Å². The van der Waals surface area contributed by atoms with Gasteiger partial charge in [-0.25, -0.2) is 0 Å². The number of nitrogens with one attached hydrogen (secondary N) is 1. The van der Waals surface area contributed by atoms with Crippen molar-refractivity contribution in [1.82, 2.24) is 15.2 Å². The number of carboxylic acids is 1. The maximum atomic E-state index is 10.3. The summed E-state index contributed by atoms with van der Waals surface area (Å²) in [4.78, 5) is 14.4. The molecule has 0 aliphatic rings. The highest BCUT2D eigenvalue weighted by molar-refractivity contribution is 7.99. The van der Waals surface area contributed by atoms with E-state index in [1.54, 1.807) is 12.1 Å². The highest BCUT2D eigenvalue weighted by Gasteiger charge is 2.09. The molecule has 0 fully saturated rings. The quantitative estimate of drug-likeness (QED) is 0.760. The Labute approximate surface area is 88.7 Å². The third-order valence-electron chi connectivity index (χ3n) is 1.54. The van der Waals surface area contributed by atoms with Crippen LogP contribution in [0, 0.1) is 0 Å². The molecule has 0 spiro atoms. The second kappa shape index (κ2) is 4.18. The first kappa shape index (κ1) is 9.78. The smallest absolute Gasteiger partial charge is 0.313 e. The molecule has 2 aromatic heterocycles. The molecule has 15 heavy (non-hydrogen) atoms. The largest absolute Gasteiger partial charge is 0.481 e. The maximum Gasteiger partial charge on any atom is 0.313 e. The zero-order valence-corrected chi connectivity index (χ0v) is 8.32. The molecule has 0 bridgehead atoms. The van der Waals surface area contributed by atoms with Gasteiger partial charge in [0, 0.05) is 0 Å². The third kappa shape index (κ3) is 2.38. The number of furan rings is 1. The molecule has 2 rings (SSSR count). The van der Waals surface area contributed by atoms with Crippen LogP contribution in [-0.4, -0.2) is 32.0 Å². The molecule has 0 saturated carbocycles. The van der Waals surface area contributed by atoms with Crippen molar-refractivity contribution in [2.24, 2.45) is 0 Å². The van der Waals surface area contributed by atoms with E-state index in [4.69, 9.17) is 9.52 Å². The number of aromatic amines is 1. The minimum atomic E-state index is -0.899. The van der Waals surface area contributed by atoms with Crippen LogP contribution in [0.4, 0.5) is 0 Å². The Morgan fingerprint density at radius 2 is 2.53 bits per heavy atom. The predicted molar refractivity (Wildman–Crippen MR) is 52.4 cm³/mol. The van der Waals surface area contributed by atoms with Gasteiger partial charge >= 0.3 is 5.97 Å². The van der Waals surface area contributed by atoms with Gasteiger partial charge in [-0.3, -0.25) is 9.89 Å². The van der Waals surface area contributed by atoms with Gasteiger partial charge in [0.15, 0.2) is 11.6 Å². The minimum Gasteiger partial charge on any atom is -0.481 e. The number of carbonyl (C=O) groups is 1. The molecule has 0 atom stereocenters. The van der Waals surface area contributed by atoms with E-state index in [0.717, 1.165) is 11.8 Å². The monoisotopic (exact) mass is 225 g/mol. The van der Waals surface area contributed by atoms with Crippen LogP contribution in [0.25, 0.3) is 11.6 Å². The van der Waals surface area contributed by atoms with Crippen LogP contribution in [0.5, 0.6) is 0 Å². The normalized spacial score (nSPS) is 10.4. The van der Waals surface area contributed by atoms with Gasteiger partial charge in [-0.1, -0.05) is 11.8 Å². The van der Waals surface area contributed by atoms with Crippen molar-refractivity contribution >= 4 is 17.7 Å². The molecule has 78 valence electrons. The zero-order valence-electron chi connectivity index (χ0n) is 7.51. The second-order valence-electron chi connectivity index (χ2n) is 2.63. The summed E-state index contributed by atoms with van der Waals surface area (Å²) >= 11 is 1.05. The summed E-state index contributed by atoms with van der Waals surface area (Å²) in [7, 11) is 0. The highest BCUT2D eigenvalue weighted by atomic mass is 32.2. The fourth-order valence-corrected chi connectivity index (χ4v) is 1.48.